The summed E-state index contributed by atoms with van der Waals surface area (Å²) in [4.78, 5) is 4.34. The topological polar surface area (TPSA) is 48.1 Å². The van der Waals surface area contributed by atoms with E-state index in [-0.39, 0.29) is 6.04 Å². The molecule has 19 heavy (non-hydrogen) atoms. The monoisotopic (exact) mass is 256 g/mol. The molecule has 0 spiro atoms. The van der Waals surface area contributed by atoms with Gasteiger partial charge >= 0.3 is 0 Å². The van der Waals surface area contributed by atoms with Crippen molar-refractivity contribution < 1.29 is 4.74 Å². The van der Waals surface area contributed by atoms with E-state index < -0.39 is 0 Å². The van der Waals surface area contributed by atoms with Crippen LogP contribution in [0.2, 0.25) is 0 Å². The highest BCUT2D eigenvalue weighted by molar-refractivity contribution is 5.79. The van der Waals surface area contributed by atoms with Crippen molar-refractivity contribution in [2.45, 2.75) is 25.3 Å². The number of nitrogens with zero attached hydrogens (tertiary/aromatic N) is 1. The van der Waals surface area contributed by atoms with Crippen LogP contribution >= 0.6 is 0 Å². The molecule has 0 amide bonds. The van der Waals surface area contributed by atoms with E-state index in [1.54, 1.807) is 0 Å². The van der Waals surface area contributed by atoms with E-state index in [9.17, 15) is 0 Å². The summed E-state index contributed by atoms with van der Waals surface area (Å²) in [6, 6.07) is 10.5. The van der Waals surface area contributed by atoms with Gasteiger partial charge in [0.15, 0.2) is 0 Å². The molecule has 1 unspecified atom stereocenters. The van der Waals surface area contributed by atoms with Crippen LogP contribution in [-0.2, 0) is 4.74 Å². The van der Waals surface area contributed by atoms with E-state index in [0.717, 1.165) is 38.0 Å². The molecule has 1 aromatic carbocycles. The maximum Gasteiger partial charge on any atom is 0.0702 e. The summed E-state index contributed by atoms with van der Waals surface area (Å²) in [6.45, 7) is 1.78. The molecular formula is C16H20N2O. The van der Waals surface area contributed by atoms with Crippen LogP contribution in [0.25, 0.3) is 10.9 Å². The molecule has 100 valence electrons. The number of rotatable bonds is 3. The molecule has 3 rings (SSSR count). The van der Waals surface area contributed by atoms with Gasteiger partial charge in [-0.1, -0.05) is 12.1 Å². The minimum atomic E-state index is 0.118. The Balaban J connectivity index is 1.75. The molecule has 0 bridgehead atoms. The lowest BCUT2D eigenvalue weighted by molar-refractivity contribution is 0.0618. The Morgan fingerprint density at radius 2 is 2.11 bits per heavy atom. The van der Waals surface area contributed by atoms with E-state index in [1.165, 1.54) is 10.9 Å². The molecule has 2 heterocycles. The third-order valence-electron chi connectivity index (χ3n) is 3.98. The summed E-state index contributed by atoms with van der Waals surface area (Å²) < 4.78 is 5.40. The predicted octanol–water partition coefficient (Wildman–Crippen LogP) is 3.05. The normalized spacial score (nSPS) is 18.6. The summed E-state index contributed by atoms with van der Waals surface area (Å²) in [5.74, 6) is 0.702. The van der Waals surface area contributed by atoms with E-state index in [1.807, 2.05) is 12.3 Å². The van der Waals surface area contributed by atoms with Crippen LogP contribution in [0.1, 0.15) is 30.9 Å². The van der Waals surface area contributed by atoms with Gasteiger partial charge in [0.05, 0.1) is 5.52 Å². The predicted molar refractivity (Wildman–Crippen MR) is 76.8 cm³/mol. The lowest BCUT2D eigenvalue weighted by Gasteiger charge is -2.25. The zero-order valence-corrected chi connectivity index (χ0v) is 11.1. The molecule has 1 saturated heterocycles. The fourth-order valence-electron chi connectivity index (χ4n) is 2.80. The Bertz CT molecular complexity index is 549. The van der Waals surface area contributed by atoms with Crippen molar-refractivity contribution in [2.24, 2.45) is 11.7 Å². The Morgan fingerprint density at radius 3 is 2.95 bits per heavy atom. The summed E-state index contributed by atoms with van der Waals surface area (Å²) in [6.07, 6.45) is 5.16. The third-order valence-corrected chi connectivity index (χ3v) is 3.98. The first kappa shape index (κ1) is 12.6. The van der Waals surface area contributed by atoms with Crippen molar-refractivity contribution in [1.29, 1.82) is 0 Å². The zero-order chi connectivity index (χ0) is 13.1. The number of hydrogen-bond donors (Lipinski definition) is 1. The SMILES string of the molecule is NC(CC1CCOCC1)c1ccc2ncccc2c1. The van der Waals surface area contributed by atoms with Crippen molar-refractivity contribution in [3.05, 3.63) is 42.1 Å². The maximum absolute atomic E-state index is 6.36. The molecule has 1 atom stereocenters. The Hall–Kier alpha value is -1.45. The Labute approximate surface area is 113 Å². The van der Waals surface area contributed by atoms with E-state index in [4.69, 9.17) is 10.5 Å². The van der Waals surface area contributed by atoms with Crippen molar-refractivity contribution in [2.75, 3.05) is 13.2 Å². The van der Waals surface area contributed by atoms with Gasteiger partial charge in [0.25, 0.3) is 0 Å². The van der Waals surface area contributed by atoms with Gasteiger partial charge in [-0.15, -0.1) is 0 Å². The second kappa shape index (κ2) is 5.68. The number of hydrogen-bond acceptors (Lipinski definition) is 3. The highest BCUT2D eigenvalue weighted by Gasteiger charge is 2.18. The minimum Gasteiger partial charge on any atom is -0.381 e. The molecular weight excluding hydrogens is 236 g/mol. The smallest absolute Gasteiger partial charge is 0.0702 e. The molecule has 0 aliphatic carbocycles. The molecule has 1 fully saturated rings. The largest absolute Gasteiger partial charge is 0.381 e. The van der Waals surface area contributed by atoms with Crippen LogP contribution in [0, 0.1) is 5.92 Å². The van der Waals surface area contributed by atoms with Gasteiger partial charge in [-0.3, -0.25) is 4.98 Å². The van der Waals surface area contributed by atoms with Crippen LogP contribution in [0.5, 0.6) is 0 Å². The summed E-state index contributed by atoms with van der Waals surface area (Å²) in [5.41, 5.74) is 8.60. The molecule has 3 heteroatoms. The Morgan fingerprint density at radius 1 is 1.26 bits per heavy atom. The molecule has 3 nitrogen and oxygen atoms in total. The molecule has 2 N–H and O–H groups in total. The average Bonchev–Trinajstić information content (AvgIpc) is 2.48. The van der Waals surface area contributed by atoms with Crippen molar-refractivity contribution in [1.82, 2.24) is 4.98 Å². The fourth-order valence-corrected chi connectivity index (χ4v) is 2.80. The average molecular weight is 256 g/mol. The highest BCUT2D eigenvalue weighted by atomic mass is 16.5. The van der Waals surface area contributed by atoms with Gasteiger partial charge in [-0.05, 0) is 48.9 Å². The van der Waals surface area contributed by atoms with Crippen LogP contribution in [0.4, 0.5) is 0 Å². The quantitative estimate of drug-likeness (QED) is 0.918. The van der Waals surface area contributed by atoms with Crippen molar-refractivity contribution >= 4 is 10.9 Å². The first-order valence-electron chi connectivity index (χ1n) is 7.01. The molecule has 1 aliphatic heterocycles. The summed E-state index contributed by atoms with van der Waals surface area (Å²) >= 11 is 0. The van der Waals surface area contributed by atoms with Gasteiger partial charge in [0, 0.05) is 30.8 Å². The number of aromatic nitrogens is 1. The molecule has 2 aromatic rings. The van der Waals surface area contributed by atoms with Crippen LogP contribution < -0.4 is 5.73 Å². The number of ether oxygens (including phenoxy) is 1. The van der Waals surface area contributed by atoms with Gasteiger partial charge in [0.2, 0.25) is 0 Å². The number of nitrogens with two attached hydrogens (primary N) is 1. The maximum atomic E-state index is 6.36. The van der Waals surface area contributed by atoms with Gasteiger partial charge in [-0.25, -0.2) is 0 Å². The lowest BCUT2D eigenvalue weighted by atomic mass is 9.89. The van der Waals surface area contributed by atoms with Crippen LogP contribution in [0.3, 0.4) is 0 Å². The van der Waals surface area contributed by atoms with Crippen molar-refractivity contribution in [3.63, 3.8) is 0 Å². The first-order chi connectivity index (χ1) is 9.33. The first-order valence-corrected chi connectivity index (χ1v) is 7.01. The van der Waals surface area contributed by atoms with Crippen molar-refractivity contribution in [3.8, 4) is 0 Å². The van der Waals surface area contributed by atoms with Crippen LogP contribution in [0.15, 0.2) is 36.5 Å². The second-order valence-electron chi connectivity index (χ2n) is 5.35. The summed E-state index contributed by atoms with van der Waals surface area (Å²) in [5, 5.41) is 1.17. The molecule has 0 saturated carbocycles. The van der Waals surface area contributed by atoms with Gasteiger partial charge < -0.3 is 10.5 Å². The van der Waals surface area contributed by atoms with E-state index in [0.29, 0.717) is 5.92 Å². The van der Waals surface area contributed by atoms with Gasteiger partial charge in [-0.2, -0.15) is 0 Å². The number of fused-ring (bicyclic) bond motifs is 1. The molecule has 1 aliphatic rings. The third kappa shape index (κ3) is 2.94. The Kier molecular flexibility index (Phi) is 3.76. The summed E-state index contributed by atoms with van der Waals surface area (Å²) in [7, 11) is 0. The van der Waals surface area contributed by atoms with Crippen LogP contribution in [-0.4, -0.2) is 18.2 Å². The molecule has 0 radical (unpaired) electrons. The lowest BCUT2D eigenvalue weighted by Crippen LogP contribution is -2.21. The van der Waals surface area contributed by atoms with Gasteiger partial charge in [0.1, 0.15) is 0 Å². The van der Waals surface area contributed by atoms with E-state index in [2.05, 4.69) is 29.2 Å². The fraction of sp³-hybridized carbons (Fsp3) is 0.438. The second-order valence-corrected chi connectivity index (χ2v) is 5.35. The number of benzene rings is 1. The van der Waals surface area contributed by atoms with E-state index >= 15 is 0 Å². The molecule has 1 aromatic heterocycles. The standard InChI is InChI=1S/C16H20N2O/c17-15(10-12-5-8-19-9-6-12)13-3-4-16-14(11-13)2-1-7-18-16/h1-4,7,11-12,15H,5-6,8-10,17H2. The number of pyridine rings is 1. The zero-order valence-electron chi connectivity index (χ0n) is 11.1. The highest BCUT2D eigenvalue weighted by Crippen LogP contribution is 2.27. The minimum absolute atomic E-state index is 0.118.